The van der Waals surface area contributed by atoms with Gasteiger partial charge in [0.15, 0.2) is 0 Å². The van der Waals surface area contributed by atoms with E-state index in [0.717, 1.165) is 23.3 Å². The molecular weight excluding hydrogens is 303 g/mol. The molecule has 0 aromatic heterocycles. The van der Waals surface area contributed by atoms with Crippen LogP contribution in [0.25, 0.3) is 0 Å². The van der Waals surface area contributed by atoms with Gasteiger partial charge in [-0.1, -0.05) is 35.3 Å². The molecule has 0 spiro atoms. The Bertz CT molecular complexity index is 644. The number of hydrogen-bond acceptors (Lipinski definition) is 1. The minimum atomic E-state index is -0.651. The Kier molecular flexibility index (Phi) is 4.63. The average molecular weight is 316 g/mol. The second-order valence-corrected chi connectivity index (χ2v) is 5.33. The van der Waals surface area contributed by atoms with Crippen LogP contribution in [0.15, 0.2) is 30.3 Å². The van der Waals surface area contributed by atoms with Crippen LogP contribution < -0.4 is 5.32 Å². The molecule has 1 unspecified atom stereocenters. The Morgan fingerprint density at radius 3 is 2.30 bits per heavy atom. The van der Waals surface area contributed by atoms with Gasteiger partial charge in [-0.15, -0.1) is 0 Å². The molecule has 0 heterocycles. The fraction of sp³-hybridized carbons (Fsp3) is 0.200. The quantitative estimate of drug-likeness (QED) is 0.795. The highest BCUT2D eigenvalue weighted by Crippen LogP contribution is 2.30. The number of aryl methyl sites for hydroxylation is 1. The molecule has 0 aliphatic rings. The van der Waals surface area contributed by atoms with E-state index in [1.165, 1.54) is 0 Å². The molecule has 0 aliphatic carbocycles. The molecule has 1 atom stereocenters. The molecule has 20 heavy (non-hydrogen) atoms. The molecule has 0 fully saturated rings. The molecule has 0 aliphatic heterocycles. The van der Waals surface area contributed by atoms with Crippen molar-refractivity contribution in [2.45, 2.75) is 13.0 Å². The van der Waals surface area contributed by atoms with Crippen molar-refractivity contribution >= 4 is 23.2 Å². The Labute approximate surface area is 126 Å². The maximum atomic E-state index is 14.0. The molecule has 0 saturated carbocycles. The summed E-state index contributed by atoms with van der Waals surface area (Å²) in [5.41, 5.74) is 1.87. The van der Waals surface area contributed by atoms with E-state index in [0.29, 0.717) is 5.02 Å². The monoisotopic (exact) mass is 315 g/mol. The first-order chi connectivity index (χ1) is 9.43. The van der Waals surface area contributed by atoms with Gasteiger partial charge in [0, 0.05) is 10.6 Å². The van der Waals surface area contributed by atoms with Crippen molar-refractivity contribution in [2.24, 2.45) is 0 Å². The second-order valence-electron chi connectivity index (χ2n) is 4.52. The first kappa shape index (κ1) is 15.2. The third-order valence-electron chi connectivity index (χ3n) is 3.17. The Balaban J connectivity index is 2.52. The predicted molar refractivity (Wildman–Crippen MR) is 78.5 cm³/mol. The summed E-state index contributed by atoms with van der Waals surface area (Å²) in [7, 11) is 1.67. The van der Waals surface area contributed by atoms with Gasteiger partial charge in [-0.25, -0.2) is 8.78 Å². The third kappa shape index (κ3) is 2.95. The molecule has 0 saturated heterocycles. The number of benzene rings is 2. The van der Waals surface area contributed by atoms with E-state index < -0.39 is 17.7 Å². The lowest BCUT2D eigenvalue weighted by atomic mass is 9.97. The summed E-state index contributed by atoms with van der Waals surface area (Å²) in [6.07, 6.45) is 0. The smallest absolute Gasteiger partial charge is 0.142 e. The molecule has 106 valence electrons. The van der Waals surface area contributed by atoms with Gasteiger partial charge in [0.1, 0.15) is 11.6 Å². The molecule has 1 nitrogen and oxygen atoms in total. The van der Waals surface area contributed by atoms with Crippen LogP contribution in [0.5, 0.6) is 0 Å². The summed E-state index contributed by atoms with van der Waals surface area (Å²) in [4.78, 5) is 0. The summed E-state index contributed by atoms with van der Waals surface area (Å²) < 4.78 is 27.6. The van der Waals surface area contributed by atoms with E-state index in [2.05, 4.69) is 5.32 Å². The van der Waals surface area contributed by atoms with Crippen molar-refractivity contribution in [1.82, 2.24) is 5.32 Å². The van der Waals surface area contributed by atoms with E-state index in [-0.39, 0.29) is 10.6 Å². The minimum absolute atomic E-state index is 0.189. The van der Waals surface area contributed by atoms with E-state index in [4.69, 9.17) is 23.2 Å². The van der Waals surface area contributed by atoms with Crippen molar-refractivity contribution in [3.63, 3.8) is 0 Å². The van der Waals surface area contributed by atoms with E-state index in [1.54, 1.807) is 13.1 Å². The molecule has 2 aromatic rings. The summed E-state index contributed by atoms with van der Waals surface area (Å²) in [5, 5.41) is 3.31. The van der Waals surface area contributed by atoms with Crippen molar-refractivity contribution in [1.29, 1.82) is 0 Å². The van der Waals surface area contributed by atoms with Crippen LogP contribution in [0, 0.1) is 18.6 Å². The number of halogens is 4. The zero-order chi connectivity index (χ0) is 14.9. The Morgan fingerprint density at radius 2 is 1.70 bits per heavy atom. The van der Waals surface area contributed by atoms with Crippen LogP contribution in [-0.2, 0) is 0 Å². The van der Waals surface area contributed by atoms with Gasteiger partial charge < -0.3 is 5.32 Å². The van der Waals surface area contributed by atoms with Gasteiger partial charge in [-0.3, -0.25) is 0 Å². The molecule has 2 rings (SSSR count). The third-order valence-corrected chi connectivity index (χ3v) is 3.87. The summed E-state index contributed by atoms with van der Waals surface area (Å²) in [5.74, 6) is -1.21. The predicted octanol–water partition coefficient (Wildman–Crippen LogP) is 4.89. The summed E-state index contributed by atoms with van der Waals surface area (Å²) >= 11 is 11.7. The van der Waals surface area contributed by atoms with Crippen LogP contribution in [-0.4, -0.2) is 7.05 Å². The van der Waals surface area contributed by atoms with Crippen LogP contribution in [0.3, 0.4) is 0 Å². The second kappa shape index (κ2) is 6.08. The molecule has 0 amide bonds. The van der Waals surface area contributed by atoms with Crippen molar-refractivity contribution < 1.29 is 8.78 Å². The van der Waals surface area contributed by atoms with Gasteiger partial charge in [0.25, 0.3) is 0 Å². The largest absolute Gasteiger partial charge is 0.309 e. The molecule has 0 bridgehead atoms. The lowest BCUT2D eigenvalue weighted by Gasteiger charge is -2.19. The van der Waals surface area contributed by atoms with Gasteiger partial charge >= 0.3 is 0 Å². The van der Waals surface area contributed by atoms with E-state index in [1.807, 2.05) is 19.1 Å². The minimum Gasteiger partial charge on any atom is -0.309 e. The fourth-order valence-corrected chi connectivity index (χ4v) is 2.39. The molecule has 5 heteroatoms. The zero-order valence-electron chi connectivity index (χ0n) is 11.0. The maximum absolute atomic E-state index is 14.0. The highest BCUT2D eigenvalue weighted by molar-refractivity contribution is 6.31. The first-order valence-corrected chi connectivity index (χ1v) is 6.77. The lowest BCUT2D eigenvalue weighted by molar-refractivity contribution is 0.558. The lowest BCUT2D eigenvalue weighted by Crippen LogP contribution is -2.19. The molecule has 2 aromatic carbocycles. The average Bonchev–Trinajstić information content (AvgIpc) is 2.40. The summed E-state index contributed by atoms with van der Waals surface area (Å²) in [6, 6.07) is 6.99. The SMILES string of the molecule is CNC(c1ccc(C)c(Cl)c1)c1cc(F)c(Cl)cc1F. The van der Waals surface area contributed by atoms with Crippen molar-refractivity contribution in [3.05, 3.63) is 68.7 Å². The highest BCUT2D eigenvalue weighted by atomic mass is 35.5. The molecule has 1 N–H and O–H groups in total. The van der Waals surface area contributed by atoms with Gasteiger partial charge in [0.2, 0.25) is 0 Å². The number of hydrogen-bond donors (Lipinski definition) is 1. The van der Waals surface area contributed by atoms with E-state index in [9.17, 15) is 8.78 Å². The Hall–Kier alpha value is -1.16. The zero-order valence-corrected chi connectivity index (χ0v) is 12.5. The van der Waals surface area contributed by atoms with Gasteiger partial charge in [-0.2, -0.15) is 0 Å². The van der Waals surface area contributed by atoms with Crippen LogP contribution in [0.1, 0.15) is 22.7 Å². The fourth-order valence-electron chi connectivity index (χ4n) is 2.05. The number of nitrogens with one attached hydrogen (secondary N) is 1. The summed E-state index contributed by atoms with van der Waals surface area (Å²) in [6.45, 7) is 1.88. The number of rotatable bonds is 3. The van der Waals surface area contributed by atoms with Gasteiger partial charge in [-0.05, 0) is 43.3 Å². The van der Waals surface area contributed by atoms with Crippen LogP contribution in [0.2, 0.25) is 10.0 Å². The van der Waals surface area contributed by atoms with Crippen molar-refractivity contribution in [3.8, 4) is 0 Å². The van der Waals surface area contributed by atoms with Crippen molar-refractivity contribution in [2.75, 3.05) is 7.05 Å². The topological polar surface area (TPSA) is 12.0 Å². The molecule has 0 radical (unpaired) electrons. The first-order valence-electron chi connectivity index (χ1n) is 6.01. The van der Waals surface area contributed by atoms with Gasteiger partial charge in [0.05, 0.1) is 11.1 Å². The van der Waals surface area contributed by atoms with Crippen LogP contribution >= 0.6 is 23.2 Å². The van der Waals surface area contributed by atoms with Crippen LogP contribution in [0.4, 0.5) is 8.78 Å². The van der Waals surface area contributed by atoms with E-state index >= 15 is 0 Å². The Morgan fingerprint density at radius 1 is 1.00 bits per heavy atom. The highest BCUT2D eigenvalue weighted by Gasteiger charge is 2.19. The normalized spacial score (nSPS) is 12.5. The molecular formula is C15H13Cl2F2N. The maximum Gasteiger partial charge on any atom is 0.142 e. The standard InChI is InChI=1S/C15H13Cl2F2N/c1-8-3-4-9(5-11(8)16)15(20-2)10-6-14(19)12(17)7-13(10)18/h3-7,15,20H,1-2H3.